The van der Waals surface area contributed by atoms with Gasteiger partial charge in [0.1, 0.15) is 19.0 Å². The summed E-state index contributed by atoms with van der Waals surface area (Å²) in [4.78, 5) is 8.01. The number of aromatic nitrogens is 2. The van der Waals surface area contributed by atoms with E-state index in [1.807, 2.05) is 24.3 Å². The van der Waals surface area contributed by atoms with Crippen LogP contribution in [-0.4, -0.2) is 23.2 Å². The molecule has 0 saturated carbocycles. The maximum Gasteiger partial charge on any atom is 0.163 e. The van der Waals surface area contributed by atoms with Gasteiger partial charge in [0, 0.05) is 21.3 Å². The second kappa shape index (κ2) is 4.66. The fourth-order valence-electron chi connectivity index (χ4n) is 2.33. The van der Waals surface area contributed by atoms with Crippen LogP contribution in [0.3, 0.4) is 0 Å². The third-order valence-electron chi connectivity index (χ3n) is 3.27. The number of hydrogen-bond donors (Lipinski definition) is 1. The highest BCUT2D eigenvalue weighted by Crippen LogP contribution is 2.35. The number of hydrogen-bond acceptors (Lipinski definition) is 3. The summed E-state index contributed by atoms with van der Waals surface area (Å²) in [5.41, 5.74) is 2.96. The van der Waals surface area contributed by atoms with Crippen molar-refractivity contribution < 1.29 is 9.47 Å². The average molecular weight is 378 g/mol. The predicted molar refractivity (Wildman–Crippen MR) is 85.2 cm³/mol. The minimum Gasteiger partial charge on any atom is -0.486 e. The molecule has 0 spiro atoms. The highest BCUT2D eigenvalue weighted by molar-refractivity contribution is 14.1. The number of halogens is 1. The van der Waals surface area contributed by atoms with Gasteiger partial charge in [-0.3, -0.25) is 0 Å². The molecule has 1 aliphatic rings. The van der Waals surface area contributed by atoms with Crippen LogP contribution in [0.15, 0.2) is 36.4 Å². The standard InChI is InChI=1S/C15H11IN2O2/c16-10-4-2-1-3-9(10)15-17-11-7-13-14(8-12(11)18-15)20-6-5-19-13/h1-4,7-8H,5-6H2,(H,17,18). The van der Waals surface area contributed by atoms with Gasteiger partial charge in [-0.15, -0.1) is 0 Å². The van der Waals surface area contributed by atoms with E-state index in [4.69, 9.17) is 9.47 Å². The topological polar surface area (TPSA) is 47.1 Å². The maximum absolute atomic E-state index is 5.60. The Balaban J connectivity index is 1.89. The van der Waals surface area contributed by atoms with Crippen LogP contribution >= 0.6 is 22.6 Å². The van der Waals surface area contributed by atoms with E-state index in [9.17, 15) is 0 Å². The molecule has 0 bridgehead atoms. The van der Waals surface area contributed by atoms with E-state index in [1.54, 1.807) is 0 Å². The molecule has 20 heavy (non-hydrogen) atoms. The van der Waals surface area contributed by atoms with E-state index in [1.165, 1.54) is 3.57 Å². The molecule has 4 rings (SSSR count). The Labute approximate surface area is 129 Å². The van der Waals surface area contributed by atoms with Gasteiger partial charge < -0.3 is 14.5 Å². The second-order valence-electron chi connectivity index (χ2n) is 4.58. The van der Waals surface area contributed by atoms with E-state index < -0.39 is 0 Å². The number of ether oxygens (including phenoxy) is 2. The molecule has 4 nitrogen and oxygen atoms in total. The van der Waals surface area contributed by atoms with Gasteiger partial charge in [0.25, 0.3) is 0 Å². The summed E-state index contributed by atoms with van der Waals surface area (Å²) < 4.78 is 12.4. The van der Waals surface area contributed by atoms with Gasteiger partial charge in [-0.25, -0.2) is 4.98 Å². The summed E-state index contributed by atoms with van der Waals surface area (Å²) in [5, 5.41) is 0. The normalized spacial score (nSPS) is 13.7. The van der Waals surface area contributed by atoms with Crippen molar-refractivity contribution in [2.45, 2.75) is 0 Å². The lowest BCUT2D eigenvalue weighted by molar-refractivity contribution is 0.172. The SMILES string of the molecule is Ic1ccccc1-c1nc2cc3c(cc2[nH]1)OCCO3. The van der Waals surface area contributed by atoms with Crippen LogP contribution in [-0.2, 0) is 0 Å². The lowest BCUT2D eigenvalue weighted by atomic mass is 10.2. The molecule has 5 heteroatoms. The number of imidazole rings is 1. The smallest absolute Gasteiger partial charge is 0.163 e. The van der Waals surface area contributed by atoms with Crippen molar-refractivity contribution in [3.63, 3.8) is 0 Å². The number of H-pyrrole nitrogens is 1. The number of fused-ring (bicyclic) bond motifs is 2. The Hall–Kier alpha value is -1.76. The zero-order chi connectivity index (χ0) is 13.5. The lowest BCUT2D eigenvalue weighted by Gasteiger charge is -2.17. The van der Waals surface area contributed by atoms with Crippen LogP contribution in [0.5, 0.6) is 11.5 Å². The van der Waals surface area contributed by atoms with E-state index >= 15 is 0 Å². The summed E-state index contributed by atoms with van der Waals surface area (Å²) in [6.07, 6.45) is 0. The monoisotopic (exact) mass is 378 g/mol. The van der Waals surface area contributed by atoms with Crippen molar-refractivity contribution in [2.24, 2.45) is 0 Å². The minimum absolute atomic E-state index is 0.590. The summed E-state index contributed by atoms with van der Waals surface area (Å²) in [6, 6.07) is 12.1. The van der Waals surface area contributed by atoms with Gasteiger partial charge in [-0.2, -0.15) is 0 Å². The molecule has 0 aliphatic carbocycles. The van der Waals surface area contributed by atoms with Crippen LogP contribution in [0, 0.1) is 3.57 Å². The highest BCUT2D eigenvalue weighted by Gasteiger charge is 2.15. The molecule has 0 saturated heterocycles. The van der Waals surface area contributed by atoms with Crippen LogP contribution in [0.4, 0.5) is 0 Å². The summed E-state index contributed by atoms with van der Waals surface area (Å²) in [7, 11) is 0. The fraction of sp³-hybridized carbons (Fsp3) is 0.133. The van der Waals surface area contributed by atoms with Crippen molar-refractivity contribution in [1.82, 2.24) is 9.97 Å². The van der Waals surface area contributed by atoms with Gasteiger partial charge in [-0.1, -0.05) is 18.2 Å². The molecule has 0 amide bonds. The zero-order valence-electron chi connectivity index (χ0n) is 10.5. The van der Waals surface area contributed by atoms with Crippen LogP contribution in [0.1, 0.15) is 0 Å². The minimum atomic E-state index is 0.590. The van der Waals surface area contributed by atoms with E-state index in [0.717, 1.165) is 33.9 Å². The quantitative estimate of drug-likeness (QED) is 0.659. The van der Waals surface area contributed by atoms with Crippen LogP contribution < -0.4 is 9.47 Å². The Morgan fingerprint density at radius 2 is 1.80 bits per heavy atom. The Bertz CT molecular complexity index is 755. The van der Waals surface area contributed by atoms with E-state index in [0.29, 0.717) is 13.2 Å². The zero-order valence-corrected chi connectivity index (χ0v) is 12.7. The van der Waals surface area contributed by atoms with Gasteiger partial charge >= 0.3 is 0 Å². The van der Waals surface area contributed by atoms with E-state index in [2.05, 4.69) is 44.7 Å². The molecular weight excluding hydrogens is 367 g/mol. The Morgan fingerprint density at radius 3 is 2.60 bits per heavy atom. The van der Waals surface area contributed by atoms with Gasteiger partial charge in [0.05, 0.1) is 11.0 Å². The summed E-state index contributed by atoms with van der Waals surface area (Å²) >= 11 is 2.32. The van der Waals surface area contributed by atoms with Crippen molar-refractivity contribution in [3.05, 3.63) is 40.0 Å². The van der Waals surface area contributed by atoms with Crippen molar-refractivity contribution in [2.75, 3.05) is 13.2 Å². The second-order valence-corrected chi connectivity index (χ2v) is 5.74. The Kier molecular flexibility index (Phi) is 2.80. The molecule has 1 aromatic heterocycles. The molecule has 0 unspecified atom stereocenters. The molecule has 2 heterocycles. The average Bonchev–Trinajstić information content (AvgIpc) is 2.87. The first-order chi connectivity index (χ1) is 9.81. The molecule has 0 atom stereocenters. The molecule has 0 radical (unpaired) electrons. The molecule has 2 aromatic carbocycles. The van der Waals surface area contributed by atoms with Crippen molar-refractivity contribution in [3.8, 4) is 22.9 Å². The first-order valence-electron chi connectivity index (χ1n) is 6.35. The van der Waals surface area contributed by atoms with Gasteiger partial charge in [0.2, 0.25) is 0 Å². The van der Waals surface area contributed by atoms with E-state index in [-0.39, 0.29) is 0 Å². The number of nitrogens with zero attached hydrogens (tertiary/aromatic N) is 1. The molecule has 0 fully saturated rings. The first kappa shape index (κ1) is 12.0. The molecule has 1 aliphatic heterocycles. The Morgan fingerprint density at radius 1 is 1.05 bits per heavy atom. The molecule has 1 N–H and O–H groups in total. The van der Waals surface area contributed by atoms with Gasteiger partial charge in [0.15, 0.2) is 11.5 Å². The third kappa shape index (κ3) is 1.93. The number of benzene rings is 2. The predicted octanol–water partition coefficient (Wildman–Crippen LogP) is 3.61. The third-order valence-corrected chi connectivity index (χ3v) is 4.22. The first-order valence-corrected chi connectivity index (χ1v) is 7.43. The lowest BCUT2D eigenvalue weighted by Crippen LogP contribution is -2.15. The fourth-order valence-corrected chi connectivity index (χ4v) is 2.97. The number of aromatic amines is 1. The molecule has 100 valence electrons. The van der Waals surface area contributed by atoms with Gasteiger partial charge in [-0.05, 0) is 28.7 Å². The largest absolute Gasteiger partial charge is 0.486 e. The molecule has 3 aromatic rings. The summed E-state index contributed by atoms with van der Waals surface area (Å²) in [6.45, 7) is 1.18. The van der Waals surface area contributed by atoms with Crippen molar-refractivity contribution >= 4 is 33.6 Å². The highest BCUT2D eigenvalue weighted by atomic mass is 127. The maximum atomic E-state index is 5.60. The van der Waals surface area contributed by atoms with Crippen LogP contribution in [0.25, 0.3) is 22.4 Å². The van der Waals surface area contributed by atoms with Crippen molar-refractivity contribution in [1.29, 1.82) is 0 Å². The molecular formula is C15H11IN2O2. The van der Waals surface area contributed by atoms with Crippen LogP contribution in [0.2, 0.25) is 0 Å². The number of rotatable bonds is 1. The summed E-state index contributed by atoms with van der Waals surface area (Å²) in [5.74, 6) is 2.42. The number of nitrogens with one attached hydrogen (secondary N) is 1.